The highest BCUT2D eigenvalue weighted by molar-refractivity contribution is 5.82. The Hall–Kier alpha value is -4.86. The van der Waals surface area contributed by atoms with Crippen molar-refractivity contribution in [1.29, 1.82) is 0 Å². The van der Waals surface area contributed by atoms with Crippen molar-refractivity contribution in [2.24, 2.45) is 0 Å². The van der Waals surface area contributed by atoms with Crippen molar-refractivity contribution in [1.82, 2.24) is 25.1 Å². The van der Waals surface area contributed by atoms with Crippen LogP contribution in [0.15, 0.2) is 66.7 Å². The van der Waals surface area contributed by atoms with Crippen molar-refractivity contribution in [3.8, 4) is 11.8 Å². The number of nitrogens with one attached hydrogen (secondary N) is 3. The molecule has 39 heavy (non-hydrogen) atoms. The van der Waals surface area contributed by atoms with Gasteiger partial charge in [0.05, 0.1) is 5.69 Å². The standard InChI is InChI=1S/C29H29FN8O/c1-3-7-20-17-26(36-35-20)32-25-18-27(38-14-12-37(13-15-38)21-8-5-4-6-9-21)34-29(33-25)39-24-11-10-23-22(28(24)30)16-19(2)31-23/h3-11,16-18,31H,12-15H2,1-2H3,(H2,32,33,34,35,36)/b7-3+. The van der Waals surface area contributed by atoms with Crippen LogP contribution in [0.1, 0.15) is 18.3 Å². The summed E-state index contributed by atoms with van der Waals surface area (Å²) in [5.74, 6) is 1.40. The first-order chi connectivity index (χ1) is 19.1. The number of hydrogen-bond donors (Lipinski definition) is 3. The van der Waals surface area contributed by atoms with Crippen molar-refractivity contribution in [3.63, 3.8) is 0 Å². The van der Waals surface area contributed by atoms with E-state index in [9.17, 15) is 0 Å². The molecule has 4 heterocycles. The van der Waals surface area contributed by atoms with Crippen molar-refractivity contribution < 1.29 is 9.13 Å². The molecule has 1 fully saturated rings. The van der Waals surface area contributed by atoms with Gasteiger partial charge in [-0.3, -0.25) is 5.10 Å². The van der Waals surface area contributed by atoms with Crippen molar-refractivity contribution >= 4 is 40.1 Å². The van der Waals surface area contributed by atoms with Crippen LogP contribution in [0.25, 0.3) is 17.0 Å². The molecule has 0 aliphatic carbocycles. The molecule has 198 valence electrons. The van der Waals surface area contributed by atoms with Crippen LogP contribution >= 0.6 is 0 Å². The lowest BCUT2D eigenvalue weighted by atomic mass is 10.2. The number of ether oxygens (including phenoxy) is 1. The molecule has 10 heteroatoms. The number of anilines is 4. The van der Waals surface area contributed by atoms with E-state index in [2.05, 4.69) is 64.5 Å². The lowest BCUT2D eigenvalue weighted by Gasteiger charge is -2.36. The van der Waals surface area contributed by atoms with Crippen LogP contribution in [0.5, 0.6) is 11.8 Å². The summed E-state index contributed by atoms with van der Waals surface area (Å²) in [6.45, 7) is 7.05. The minimum absolute atomic E-state index is 0.0511. The number of rotatable bonds is 7. The van der Waals surface area contributed by atoms with Gasteiger partial charge in [0.1, 0.15) is 11.6 Å². The number of benzene rings is 2. The second-order valence-electron chi connectivity index (χ2n) is 9.43. The second-order valence-corrected chi connectivity index (χ2v) is 9.43. The van der Waals surface area contributed by atoms with E-state index in [1.165, 1.54) is 5.69 Å². The smallest absolute Gasteiger partial charge is 0.326 e. The monoisotopic (exact) mass is 524 g/mol. The van der Waals surface area contributed by atoms with Gasteiger partial charge >= 0.3 is 6.01 Å². The molecule has 6 rings (SSSR count). The van der Waals surface area contributed by atoms with E-state index in [0.717, 1.165) is 37.6 Å². The molecule has 2 aromatic carbocycles. The maximum Gasteiger partial charge on any atom is 0.326 e. The van der Waals surface area contributed by atoms with E-state index < -0.39 is 5.82 Å². The van der Waals surface area contributed by atoms with Gasteiger partial charge in [0.25, 0.3) is 0 Å². The number of aryl methyl sites for hydroxylation is 1. The Bertz CT molecular complexity index is 1620. The highest BCUT2D eigenvalue weighted by atomic mass is 19.1. The van der Waals surface area contributed by atoms with Crippen LogP contribution in [-0.2, 0) is 0 Å². The molecule has 0 saturated carbocycles. The molecule has 5 aromatic rings. The zero-order valence-corrected chi connectivity index (χ0v) is 21.8. The largest absolute Gasteiger partial charge is 0.421 e. The molecular formula is C29H29FN8O. The van der Waals surface area contributed by atoms with Crippen LogP contribution in [-0.4, -0.2) is 51.3 Å². The Labute approximate surface area is 225 Å². The number of piperazine rings is 1. The number of para-hydroxylation sites is 1. The first kappa shape index (κ1) is 24.5. The van der Waals surface area contributed by atoms with E-state index in [4.69, 9.17) is 4.74 Å². The fourth-order valence-electron chi connectivity index (χ4n) is 4.78. The minimum Gasteiger partial charge on any atom is -0.421 e. The summed E-state index contributed by atoms with van der Waals surface area (Å²) >= 11 is 0. The van der Waals surface area contributed by atoms with Gasteiger partial charge in [-0.15, -0.1) is 0 Å². The summed E-state index contributed by atoms with van der Waals surface area (Å²) in [6, 6.07) is 19.3. The van der Waals surface area contributed by atoms with Gasteiger partial charge in [-0.1, -0.05) is 24.3 Å². The Morgan fingerprint density at radius 3 is 2.54 bits per heavy atom. The zero-order chi connectivity index (χ0) is 26.8. The van der Waals surface area contributed by atoms with E-state index in [1.54, 1.807) is 18.2 Å². The van der Waals surface area contributed by atoms with Crippen LogP contribution in [0, 0.1) is 12.7 Å². The first-order valence-corrected chi connectivity index (χ1v) is 12.9. The second kappa shape index (κ2) is 10.5. The van der Waals surface area contributed by atoms with Gasteiger partial charge in [-0.25, -0.2) is 4.39 Å². The lowest BCUT2D eigenvalue weighted by molar-refractivity contribution is 0.414. The minimum atomic E-state index is -0.458. The third-order valence-corrected chi connectivity index (χ3v) is 6.66. The molecule has 1 aliphatic heterocycles. The predicted octanol–water partition coefficient (Wildman–Crippen LogP) is 6.02. The Kier molecular flexibility index (Phi) is 6.58. The molecule has 0 atom stereocenters. The number of hydrogen-bond acceptors (Lipinski definition) is 7. The van der Waals surface area contributed by atoms with Gasteiger partial charge in [-0.2, -0.15) is 15.1 Å². The molecule has 0 amide bonds. The molecule has 9 nitrogen and oxygen atoms in total. The van der Waals surface area contributed by atoms with Crippen LogP contribution in [0.3, 0.4) is 0 Å². The topological polar surface area (TPSA) is 98.0 Å². The van der Waals surface area contributed by atoms with Gasteiger partial charge in [0.15, 0.2) is 17.4 Å². The Balaban J connectivity index is 1.29. The quantitative estimate of drug-likeness (QED) is 0.239. The highest BCUT2D eigenvalue weighted by Crippen LogP contribution is 2.31. The Morgan fingerprint density at radius 2 is 1.74 bits per heavy atom. The molecular weight excluding hydrogens is 495 g/mol. The molecule has 0 spiro atoms. The average molecular weight is 525 g/mol. The van der Waals surface area contributed by atoms with Crippen molar-refractivity contribution in [3.05, 3.63) is 83.9 Å². The molecule has 3 N–H and O–H groups in total. The van der Waals surface area contributed by atoms with Crippen molar-refractivity contribution in [2.75, 3.05) is 41.3 Å². The first-order valence-electron chi connectivity index (χ1n) is 12.9. The lowest BCUT2D eigenvalue weighted by Crippen LogP contribution is -2.46. The third kappa shape index (κ3) is 5.26. The number of aromatic nitrogens is 5. The summed E-state index contributed by atoms with van der Waals surface area (Å²) < 4.78 is 21.2. The summed E-state index contributed by atoms with van der Waals surface area (Å²) in [4.78, 5) is 16.9. The maximum absolute atomic E-state index is 15.3. The fourth-order valence-corrected chi connectivity index (χ4v) is 4.78. The number of aromatic amines is 2. The van der Waals surface area contributed by atoms with Gasteiger partial charge < -0.3 is 24.8 Å². The number of H-pyrrole nitrogens is 2. The van der Waals surface area contributed by atoms with E-state index >= 15 is 4.39 Å². The summed E-state index contributed by atoms with van der Waals surface area (Å²) in [5, 5.41) is 11.0. The molecule has 1 saturated heterocycles. The SMILES string of the molecule is C/C=C/c1cc(Nc2cc(N3CCN(c4ccccc4)CC3)nc(Oc3ccc4[nH]c(C)cc4c3F)n2)n[nH]1. The summed E-state index contributed by atoms with van der Waals surface area (Å²) in [5.41, 5.74) is 3.64. The van der Waals surface area contributed by atoms with Crippen LogP contribution < -0.4 is 19.9 Å². The normalized spacial score (nSPS) is 13.9. The number of fused-ring (bicyclic) bond motifs is 1. The van der Waals surface area contributed by atoms with Gasteiger partial charge in [-0.05, 0) is 50.3 Å². The predicted molar refractivity (Wildman–Crippen MR) is 153 cm³/mol. The average Bonchev–Trinajstić information content (AvgIpc) is 3.57. The summed E-state index contributed by atoms with van der Waals surface area (Å²) in [6.07, 6.45) is 3.85. The third-order valence-electron chi connectivity index (χ3n) is 6.66. The van der Waals surface area contributed by atoms with E-state index in [0.29, 0.717) is 28.4 Å². The maximum atomic E-state index is 15.3. The highest BCUT2D eigenvalue weighted by Gasteiger charge is 2.21. The molecule has 0 unspecified atom stereocenters. The van der Waals surface area contributed by atoms with Gasteiger partial charge in [0.2, 0.25) is 0 Å². The van der Waals surface area contributed by atoms with Crippen LogP contribution in [0.2, 0.25) is 0 Å². The molecule has 0 radical (unpaired) electrons. The molecule has 1 aliphatic rings. The number of halogens is 1. The number of allylic oxidation sites excluding steroid dienone is 1. The molecule has 0 bridgehead atoms. The van der Waals surface area contributed by atoms with Gasteiger partial charge in [0, 0.05) is 60.6 Å². The van der Waals surface area contributed by atoms with E-state index in [1.807, 2.05) is 44.2 Å². The van der Waals surface area contributed by atoms with Crippen molar-refractivity contribution in [2.45, 2.75) is 13.8 Å². The zero-order valence-electron chi connectivity index (χ0n) is 21.8. The molecule has 3 aromatic heterocycles. The summed E-state index contributed by atoms with van der Waals surface area (Å²) in [7, 11) is 0. The van der Waals surface area contributed by atoms with Crippen LogP contribution in [0.4, 0.5) is 27.5 Å². The Morgan fingerprint density at radius 1 is 0.949 bits per heavy atom. The fraction of sp³-hybridized carbons (Fsp3) is 0.207. The number of nitrogens with zero attached hydrogens (tertiary/aromatic N) is 5. The van der Waals surface area contributed by atoms with E-state index in [-0.39, 0.29) is 11.8 Å².